The fourth-order valence-corrected chi connectivity index (χ4v) is 10.2. The molecule has 2 N–H and O–H groups in total. The second-order valence-corrected chi connectivity index (χ2v) is 21.3. The number of aromatic nitrogens is 5. The van der Waals surface area contributed by atoms with Crippen molar-refractivity contribution in [2.24, 2.45) is 5.92 Å². The number of H-pyrrole nitrogens is 1. The van der Waals surface area contributed by atoms with Crippen molar-refractivity contribution in [3.05, 3.63) is 148 Å². The van der Waals surface area contributed by atoms with Crippen molar-refractivity contribution in [3.63, 3.8) is 0 Å². The van der Waals surface area contributed by atoms with Gasteiger partial charge < -0.3 is 29.7 Å². The van der Waals surface area contributed by atoms with Crippen LogP contribution in [0.4, 0.5) is 14.9 Å². The quantitative estimate of drug-likeness (QED) is 0.123. The molecule has 20 heteroatoms. The number of aryl methyl sites for hydroxylation is 1. The molecule has 408 valence electrons. The minimum atomic E-state index is -0.812. The van der Waals surface area contributed by atoms with Gasteiger partial charge in [0.25, 0.3) is 17.4 Å². The van der Waals surface area contributed by atoms with Crippen LogP contribution in [0.15, 0.2) is 102 Å². The molecule has 0 spiro atoms. The van der Waals surface area contributed by atoms with Crippen molar-refractivity contribution >= 4 is 46.2 Å². The van der Waals surface area contributed by atoms with Crippen LogP contribution in [-0.4, -0.2) is 175 Å². The Hall–Kier alpha value is -7.97. The summed E-state index contributed by atoms with van der Waals surface area (Å²) in [7, 11) is 0. The summed E-state index contributed by atoms with van der Waals surface area (Å²) < 4.78 is 20.8. The first-order chi connectivity index (χ1) is 37.6. The van der Waals surface area contributed by atoms with Crippen LogP contribution in [-0.2, 0) is 33.7 Å². The first-order valence-electron chi connectivity index (χ1n) is 26.7. The molecular formula is C58H67FN12O7. The van der Waals surface area contributed by atoms with Gasteiger partial charge in [0.1, 0.15) is 24.3 Å². The Balaban J connectivity index is 0.747. The van der Waals surface area contributed by atoms with E-state index in [-0.39, 0.29) is 67.0 Å². The molecule has 78 heavy (non-hydrogen) atoms. The lowest BCUT2D eigenvalue weighted by molar-refractivity contribution is -0.134. The van der Waals surface area contributed by atoms with Crippen molar-refractivity contribution in [1.29, 1.82) is 0 Å². The van der Waals surface area contributed by atoms with Crippen LogP contribution in [0.1, 0.15) is 83.9 Å². The molecule has 3 fully saturated rings. The van der Waals surface area contributed by atoms with Gasteiger partial charge in [0.15, 0.2) is 5.69 Å². The van der Waals surface area contributed by atoms with Crippen LogP contribution < -0.4 is 10.9 Å². The molecule has 19 nitrogen and oxygen atoms in total. The molecule has 3 aliphatic rings. The van der Waals surface area contributed by atoms with Gasteiger partial charge in [-0.2, -0.15) is 5.10 Å². The number of likely N-dealkylation sites (tertiary alicyclic amines) is 1. The SMILES string of the molecule is CCc1ccc(-c2cnc(C(=O)N3CCC(CN4CCN(CC(=O)N5CCN(C(=O)c6cc(Cc7n[nH]c(=O)c8ccccc78)ccc6F)CC5)CC4)CC3)c(NC(=O)CN(Cc3ccncn3)C(=O)OC(C)(C)C)c2)cc1. The summed E-state index contributed by atoms with van der Waals surface area (Å²) in [6.45, 7) is 13.5. The Morgan fingerprint density at radius 2 is 1.45 bits per heavy atom. The number of anilines is 1. The number of carbonyl (C=O) groups excluding carboxylic acids is 5. The van der Waals surface area contributed by atoms with E-state index in [2.05, 4.69) is 47.2 Å². The molecule has 0 radical (unpaired) electrons. The Labute approximate surface area is 452 Å². The number of hydrogen-bond donors (Lipinski definition) is 2. The number of pyridine rings is 1. The number of piperidine rings is 1. The van der Waals surface area contributed by atoms with E-state index < -0.39 is 29.3 Å². The summed E-state index contributed by atoms with van der Waals surface area (Å²) in [6, 6.07) is 23.0. The van der Waals surface area contributed by atoms with Gasteiger partial charge in [0.2, 0.25) is 11.8 Å². The fourth-order valence-electron chi connectivity index (χ4n) is 10.2. The Morgan fingerprint density at radius 3 is 2.14 bits per heavy atom. The maximum atomic E-state index is 15.1. The molecule has 0 unspecified atom stereocenters. The van der Waals surface area contributed by atoms with Crippen LogP contribution >= 0.6 is 0 Å². The van der Waals surface area contributed by atoms with Crippen LogP contribution in [0, 0.1) is 11.7 Å². The smallest absolute Gasteiger partial charge is 0.411 e. The Bertz CT molecular complexity index is 3180. The maximum absolute atomic E-state index is 15.1. The minimum absolute atomic E-state index is 0.000203. The van der Waals surface area contributed by atoms with Crippen LogP contribution in [0.2, 0.25) is 0 Å². The summed E-state index contributed by atoms with van der Waals surface area (Å²) in [5.74, 6) is -1.52. The van der Waals surface area contributed by atoms with Crippen molar-refractivity contribution in [2.45, 2.75) is 65.5 Å². The second-order valence-electron chi connectivity index (χ2n) is 21.3. The monoisotopic (exact) mass is 1060 g/mol. The van der Waals surface area contributed by atoms with Crippen LogP contribution in [0.25, 0.3) is 21.9 Å². The number of carbonyl (C=O) groups is 5. The lowest BCUT2D eigenvalue weighted by Crippen LogP contribution is -2.55. The predicted molar refractivity (Wildman–Crippen MR) is 292 cm³/mol. The average Bonchev–Trinajstić information content (AvgIpc) is 3.47. The largest absolute Gasteiger partial charge is 0.444 e. The van der Waals surface area contributed by atoms with Crippen LogP contribution in [0.5, 0.6) is 0 Å². The molecule has 0 aliphatic carbocycles. The minimum Gasteiger partial charge on any atom is -0.444 e. The lowest BCUT2D eigenvalue weighted by Gasteiger charge is -2.40. The Kier molecular flexibility index (Phi) is 17.3. The molecular weight excluding hydrogens is 996 g/mol. The molecule has 6 aromatic rings. The zero-order valence-corrected chi connectivity index (χ0v) is 44.8. The number of amides is 5. The molecule has 0 saturated carbocycles. The third kappa shape index (κ3) is 13.8. The number of nitrogens with one attached hydrogen (secondary N) is 2. The zero-order chi connectivity index (χ0) is 54.9. The number of hydrogen-bond acceptors (Lipinski definition) is 13. The molecule has 3 saturated heterocycles. The molecule has 3 aliphatic heterocycles. The van der Waals surface area contributed by atoms with Gasteiger partial charge in [-0.1, -0.05) is 55.5 Å². The highest BCUT2D eigenvalue weighted by Crippen LogP contribution is 2.29. The molecule has 3 aromatic carbocycles. The van der Waals surface area contributed by atoms with Gasteiger partial charge in [0.05, 0.1) is 41.1 Å². The normalized spacial score (nSPS) is 15.8. The van der Waals surface area contributed by atoms with Crippen molar-refractivity contribution in [3.8, 4) is 11.1 Å². The lowest BCUT2D eigenvalue weighted by atomic mass is 9.95. The van der Waals surface area contributed by atoms with Gasteiger partial charge in [-0.3, -0.25) is 33.8 Å². The summed E-state index contributed by atoms with van der Waals surface area (Å²) >= 11 is 0. The number of nitrogens with zero attached hydrogens (tertiary/aromatic N) is 10. The summed E-state index contributed by atoms with van der Waals surface area (Å²) in [4.78, 5) is 105. The van der Waals surface area contributed by atoms with E-state index in [9.17, 15) is 28.8 Å². The molecule has 0 atom stereocenters. The van der Waals surface area contributed by atoms with E-state index in [1.165, 1.54) is 22.9 Å². The molecule has 3 aromatic heterocycles. The van der Waals surface area contributed by atoms with Gasteiger partial charge in [-0.05, 0) is 93.0 Å². The first-order valence-corrected chi connectivity index (χ1v) is 26.7. The second kappa shape index (κ2) is 24.6. The number of fused-ring (bicyclic) bond motifs is 1. The highest BCUT2D eigenvalue weighted by molar-refractivity contribution is 6.04. The van der Waals surface area contributed by atoms with E-state index in [4.69, 9.17) is 4.74 Å². The number of ether oxygens (including phenoxy) is 1. The molecule has 9 rings (SSSR count). The maximum Gasteiger partial charge on any atom is 0.411 e. The average molecular weight is 1060 g/mol. The zero-order valence-electron chi connectivity index (χ0n) is 44.8. The van der Waals surface area contributed by atoms with E-state index >= 15 is 4.39 Å². The van der Waals surface area contributed by atoms with Crippen molar-refractivity contribution in [1.82, 2.24) is 54.5 Å². The number of rotatable bonds is 15. The van der Waals surface area contributed by atoms with E-state index in [1.807, 2.05) is 36.4 Å². The first kappa shape index (κ1) is 54.8. The highest BCUT2D eigenvalue weighted by atomic mass is 19.1. The summed E-state index contributed by atoms with van der Waals surface area (Å²) in [5, 5.41) is 10.9. The number of halogens is 1. The van der Waals surface area contributed by atoms with Crippen LogP contribution in [0.3, 0.4) is 0 Å². The molecule has 6 heterocycles. The number of aromatic amines is 1. The summed E-state index contributed by atoms with van der Waals surface area (Å²) in [5.41, 5.74) is 3.79. The van der Waals surface area contributed by atoms with E-state index in [0.29, 0.717) is 66.2 Å². The van der Waals surface area contributed by atoms with Gasteiger partial charge in [-0.25, -0.2) is 29.2 Å². The van der Waals surface area contributed by atoms with E-state index in [1.54, 1.807) is 84.3 Å². The Morgan fingerprint density at radius 1 is 0.769 bits per heavy atom. The molecule has 0 bridgehead atoms. The predicted octanol–water partition coefficient (Wildman–Crippen LogP) is 5.90. The fraction of sp³-hybridized carbons (Fsp3) is 0.414. The highest BCUT2D eigenvalue weighted by Gasteiger charge is 2.32. The standard InChI is InChI=1S/C58H67FN12O7/c1-5-39-10-13-42(14-11-39)43-32-50(63-51(72)36-71(57(77)78-58(2,3)4)35-44-16-19-60-38-62-44)53(61-33-43)56(76)69-20-17-40(18-21-69)34-66-22-24-67(25-23-66)37-52(73)68-26-28-70(29-27-68)55(75)47-30-41(12-15-48(47)59)31-49-45-8-6-7-9-46(45)54(74)65-64-49/h6-16,19,30,32-33,38,40H,5,17-18,20-29,31,34-37H2,1-4H3,(H,63,72)(H,65,74). The topological polar surface area (TPSA) is 210 Å². The number of piperazine rings is 2. The van der Waals surface area contributed by atoms with Gasteiger partial charge in [0, 0.05) is 102 Å². The van der Waals surface area contributed by atoms with E-state index in [0.717, 1.165) is 63.1 Å². The third-order valence-electron chi connectivity index (χ3n) is 14.6. The molecule has 5 amide bonds. The van der Waals surface area contributed by atoms with Crippen molar-refractivity contribution < 1.29 is 33.1 Å². The number of benzene rings is 3. The van der Waals surface area contributed by atoms with Gasteiger partial charge in [-0.15, -0.1) is 0 Å². The van der Waals surface area contributed by atoms with Crippen molar-refractivity contribution in [2.75, 3.05) is 90.4 Å². The third-order valence-corrected chi connectivity index (χ3v) is 14.6. The van der Waals surface area contributed by atoms with Gasteiger partial charge >= 0.3 is 6.09 Å². The summed E-state index contributed by atoms with van der Waals surface area (Å²) in [6.07, 6.45) is 6.64.